The maximum absolute atomic E-state index is 12.4. The van der Waals surface area contributed by atoms with Gasteiger partial charge in [0.25, 0.3) is 0 Å². The number of hydrogen-bond acceptors (Lipinski definition) is 1. The average molecular weight is 247 g/mol. The Hall–Kier alpha value is -1.52. The predicted molar refractivity (Wildman–Crippen MR) is 60.2 cm³/mol. The van der Waals surface area contributed by atoms with E-state index < -0.39 is 11.7 Å². The van der Waals surface area contributed by atoms with Gasteiger partial charge in [0.05, 0.1) is 5.56 Å². The van der Waals surface area contributed by atoms with E-state index >= 15 is 0 Å². The van der Waals surface area contributed by atoms with Gasteiger partial charge in [0.1, 0.15) is 0 Å². The fourth-order valence-electron chi connectivity index (χ4n) is 1.25. The van der Waals surface area contributed by atoms with E-state index in [1.165, 1.54) is 6.07 Å². The summed E-state index contributed by atoms with van der Waals surface area (Å²) >= 11 is 0. The number of amides is 1. The molecule has 1 rings (SSSR count). The number of rotatable bonds is 3. The summed E-state index contributed by atoms with van der Waals surface area (Å²) in [5, 5.41) is 2.57. The van der Waals surface area contributed by atoms with E-state index in [0.717, 1.165) is 12.1 Å². The summed E-state index contributed by atoms with van der Waals surface area (Å²) in [6.45, 7) is 3.56. The average Bonchev–Trinajstić information content (AvgIpc) is 2.25. The summed E-state index contributed by atoms with van der Waals surface area (Å²) in [4.78, 5) is 11.3. The molecule has 96 valence electrons. The summed E-state index contributed by atoms with van der Waals surface area (Å²) in [5.41, 5.74) is -0.261. The largest absolute Gasteiger partial charge is 0.416 e. The molecule has 0 fully saturated rings. The molecule has 2 nitrogen and oxygen atoms in total. The van der Waals surface area contributed by atoms with Crippen molar-refractivity contribution in [1.82, 2.24) is 5.32 Å². The van der Waals surface area contributed by atoms with Crippen LogP contribution in [-0.4, -0.2) is 5.91 Å². The van der Waals surface area contributed by atoms with E-state index in [1.807, 2.05) is 0 Å². The molecule has 0 spiro atoms. The van der Waals surface area contributed by atoms with Gasteiger partial charge in [-0.3, -0.25) is 4.79 Å². The van der Waals surface area contributed by atoms with Crippen molar-refractivity contribution in [2.75, 3.05) is 0 Å². The van der Waals surface area contributed by atoms with Crippen LogP contribution in [0.25, 0.3) is 0 Å². The lowest BCUT2D eigenvalue weighted by Gasteiger charge is -2.10. The van der Waals surface area contributed by atoms with Gasteiger partial charge in [0, 0.05) is 13.9 Å². The molecule has 0 aromatic heterocycles. The highest BCUT2D eigenvalue weighted by Gasteiger charge is 2.30. The van der Waals surface area contributed by atoms with Crippen LogP contribution in [0, 0.1) is 5.92 Å². The standard InChI is InChI=1S/C12H14F3NO.H2/c1-8(2)11(17)16-7-9-4-3-5-10(6-9)12(13,14)15;/h3-6,8H,7H2,1-2H3,(H,16,17);1H. The van der Waals surface area contributed by atoms with E-state index in [9.17, 15) is 18.0 Å². The lowest BCUT2D eigenvalue weighted by molar-refractivity contribution is -0.137. The van der Waals surface area contributed by atoms with Crippen LogP contribution in [0.3, 0.4) is 0 Å². The second-order valence-corrected chi connectivity index (χ2v) is 4.07. The molecule has 0 heterocycles. The third-order valence-corrected chi connectivity index (χ3v) is 2.25. The quantitative estimate of drug-likeness (QED) is 0.873. The molecule has 0 radical (unpaired) electrons. The molecular weight excluding hydrogens is 231 g/mol. The highest BCUT2D eigenvalue weighted by molar-refractivity contribution is 5.77. The van der Waals surface area contributed by atoms with Crippen molar-refractivity contribution in [1.29, 1.82) is 0 Å². The van der Waals surface area contributed by atoms with Crippen molar-refractivity contribution in [3.8, 4) is 0 Å². The fourth-order valence-corrected chi connectivity index (χ4v) is 1.25. The van der Waals surface area contributed by atoms with Crippen LogP contribution in [-0.2, 0) is 17.5 Å². The molecule has 0 saturated carbocycles. The maximum Gasteiger partial charge on any atom is 0.416 e. The molecule has 0 unspecified atom stereocenters. The lowest BCUT2D eigenvalue weighted by Crippen LogP contribution is -2.27. The van der Waals surface area contributed by atoms with Gasteiger partial charge >= 0.3 is 6.18 Å². The van der Waals surface area contributed by atoms with Gasteiger partial charge in [-0.25, -0.2) is 0 Å². The lowest BCUT2D eigenvalue weighted by atomic mass is 10.1. The summed E-state index contributed by atoms with van der Waals surface area (Å²) in [6.07, 6.45) is -4.35. The van der Waals surface area contributed by atoms with Gasteiger partial charge < -0.3 is 5.32 Å². The van der Waals surface area contributed by atoms with Crippen LogP contribution < -0.4 is 5.32 Å². The molecule has 0 saturated heterocycles. The predicted octanol–water partition coefficient (Wildman–Crippen LogP) is 3.22. The highest BCUT2D eigenvalue weighted by atomic mass is 19.4. The van der Waals surface area contributed by atoms with Gasteiger partial charge in [-0.1, -0.05) is 26.0 Å². The van der Waals surface area contributed by atoms with Gasteiger partial charge in [-0.2, -0.15) is 13.2 Å². The minimum Gasteiger partial charge on any atom is -0.352 e. The summed E-state index contributed by atoms with van der Waals surface area (Å²) in [5.74, 6) is -0.358. The molecule has 1 amide bonds. The SMILES string of the molecule is CC(C)C(=O)NCc1cccc(C(F)(F)F)c1.[HH]. The number of carbonyl (C=O) groups is 1. The number of alkyl halides is 3. The first kappa shape index (κ1) is 13.5. The van der Waals surface area contributed by atoms with Crippen molar-refractivity contribution in [2.24, 2.45) is 5.92 Å². The second-order valence-electron chi connectivity index (χ2n) is 4.07. The Labute approximate surface area is 99.3 Å². The number of nitrogens with one attached hydrogen (secondary N) is 1. The van der Waals surface area contributed by atoms with Crippen LogP contribution in [0.4, 0.5) is 13.2 Å². The topological polar surface area (TPSA) is 29.1 Å². The van der Waals surface area contributed by atoms with E-state index in [0.29, 0.717) is 5.56 Å². The zero-order chi connectivity index (χ0) is 13.1. The number of benzene rings is 1. The molecular formula is C12H16F3NO. The van der Waals surface area contributed by atoms with Crippen LogP contribution in [0.1, 0.15) is 26.4 Å². The Balaban J connectivity index is 0.00000289. The molecule has 5 heteroatoms. The number of halogens is 3. The van der Waals surface area contributed by atoms with Gasteiger partial charge in [0.2, 0.25) is 5.91 Å². The molecule has 0 atom stereocenters. The molecule has 1 aromatic rings. The number of hydrogen-bond donors (Lipinski definition) is 1. The first-order valence-electron chi connectivity index (χ1n) is 5.24. The molecule has 0 aliphatic rings. The minimum atomic E-state index is -4.35. The Morgan fingerprint density at radius 3 is 2.59 bits per heavy atom. The summed E-state index contributed by atoms with van der Waals surface area (Å²) in [7, 11) is 0. The van der Waals surface area contributed by atoms with Crippen LogP contribution in [0.2, 0.25) is 0 Å². The zero-order valence-electron chi connectivity index (χ0n) is 9.64. The first-order chi connectivity index (χ1) is 7.80. The zero-order valence-corrected chi connectivity index (χ0v) is 9.64. The molecule has 17 heavy (non-hydrogen) atoms. The smallest absolute Gasteiger partial charge is 0.352 e. The van der Waals surface area contributed by atoms with Gasteiger partial charge in [-0.05, 0) is 17.7 Å². The summed E-state index contributed by atoms with van der Waals surface area (Å²) < 4.78 is 37.2. The highest BCUT2D eigenvalue weighted by Crippen LogP contribution is 2.29. The van der Waals surface area contributed by atoms with E-state index in [4.69, 9.17) is 0 Å². The fraction of sp³-hybridized carbons (Fsp3) is 0.417. The van der Waals surface area contributed by atoms with E-state index in [2.05, 4.69) is 5.32 Å². The monoisotopic (exact) mass is 247 g/mol. The first-order valence-corrected chi connectivity index (χ1v) is 5.24. The molecule has 0 aliphatic carbocycles. The second kappa shape index (κ2) is 5.21. The minimum absolute atomic E-state index is 0. The van der Waals surface area contributed by atoms with Crippen molar-refractivity contribution < 1.29 is 19.4 Å². The Kier molecular flexibility index (Phi) is 4.15. The van der Waals surface area contributed by atoms with Crippen molar-refractivity contribution >= 4 is 5.91 Å². The summed E-state index contributed by atoms with van der Waals surface area (Å²) in [6, 6.07) is 4.93. The van der Waals surface area contributed by atoms with Crippen LogP contribution in [0.15, 0.2) is 24.3 Å². The normalized spacial score (nSPS) is 11.6. The molecule has 1 N–H and O–H groups in total. The van der Waals surface area contributed by atoms with Crippen molar-refractivity contribution in [3.05, 3.63) is 35.4 Å². The van der Waals surface area contributed by atoms with Gasteiger partial charge in [0.15, 0.2) is 0 Å². The van der Waals surface area contributed by atoms with Crippen molar-refractivity contribution in [2.45, 2.75) is 26.6 Å². The number of carbonyl (C=O) groups excluding carboxylic acids is 1. The van der Waals surface area contributed by atoms with E-state index in [1.54, 1.807) is 19.9 Å². The van der Waals surface area contributed by atoms with Gasteiger partial charge in [-0.15, -0.1) is 0 Å². The Bertz CT molecular complexity index is 405. The maximum atomic E-state index is 12.4. The third-order valence-electron chi connectivity index (χ3n) is 2.25. The van der Waals surface area contributed by atoms with Crippen LogP contribution in [0.5, 0.6) is 0 Å². The Morgan fingerprint density at radius 2 is 2.06 bits per heavy atom. The van der Waals surface area contributed by atoms with E-state index in [-0.39, 0.29) is 19.8 Å². The molecule has 0 aliphatic heterocycles. The molecule has 0 bridgehead atoms. The Morgan fingerprint density at radius 1 is 1.41 bits per heavy atom. The van der Waals surface area contributed by atoms with Crippen LogP contribution >= 0.6 is 0 Å². The molecule has 1 aromatic carbocycles. The van der Waals surface area contributed by atoms with Crippen molar-refractivity contribution in [3.63, 3.8) is 0 Å². The third kappa shape index (κ3) is 4.09.